The lowest BCUT2D eigenvalue weighted by atomic mass is 9.94. The first-order chi connectivity index (χ1) is 16.7. The average molecular weight is 483 g/mol. The maximum absolute atomic E-state index is 10.3. The highest BCUT2D eigenvalue weighted by molar-refractivity contribution is 4.62. The fourth-order valence-corrected chi connectivity index (χ4v) is 5.17. The van der Waals surface area contributed by atoms with Gasteiger partial charge in [-0.25, -0.2) is 0 Å². The van der Waals surface area contributed by atoms with Crippen molar-refractivity contribution in [2.45, 2.75) is 180 Å². The van der Waals surface area contributed by atoms with E-state index in [9.17, 15) is 5.11 Å². The summed E-state index contributed by atoms with van der Waals surface area (Å²) in [6, 6.07) is 0. The first-order valence-corrected chi connectivity index (χ1v) is 15.6. The predicted octanol–water partition coefficient (Wildman–Crippen LogP) is 9.74. The Morgan fingerprint density at radius 3 is 1.82 bits per heavy atom. The van der Waals surface area contributed by atoms with Crippen LogP contribution in [0.3, 0.4) is 0 Å². The van der Waals surface area contributed by atoms with Gasteiger partial charge in [-0.2, -0.15) is 0 Å². The van der Waals surface area contributed by atoms with E-state index < -0.39 is 0 Å². The van der Waals surface area contributed by atoms with Crippen LogP contribution in [0.25, 0.3) is 0 Å². The van der Waals surface area contributed by atoms with Gasteiger partial charge in [0.05, 0.1) is 6.10 Å². The Hall–Kier alpha value is -0.120. The fraction of sp³-hybridized carbons (Fsp3) is 1.00. The highest BCUT2D eigenvalue weighted by atomic mass is 16.7. The van der Waals surface area contributed by atoms with Crippen LogP contribution < -0.4 is 0 Å². The predicted molar refractivity (Wildman–Crippen MR) is 147 cm³/mol. The first-order valence-electron chi connectivity index (χ1n) is 15.6. The van der Waals surface area contributed by atoms with E-state index in [1.807, 2.05) is 0 Å². The summed E-state index contributed by atoms with van der Waals surface area (Å²) in [6.07, 6.45) is 31.1. The van der Waals surface area contributed by atoms with Crippen LogP contribution in [0.15, 0.2) is 0 Å². The topological polar surface area (TPSA) is 38.7 Å². The van der Waals surface area contributed by atoms with Crippen LogP contribution in [-0.2, 0) is 9.47 Å². The molecule has 1 aliphatic heterocycles. The maximum Gasteiger partial charge on any atom is 0.157 e. The molecule has 3 unspecified atom stereocenters. The number of aliphatic hydroxyl groups is 1. The van der Waals surface area contributed by atoms with Crippen molar-refractivity contribution in [2.24, 2.45) is 5.92 Å². The van der Waals surface area contributed by atoms with Crippen molar-refractivity contribution < 1.29 is 14.6 Å². The second-order valence-corrected chi connectivity index (χ2v) is 11.2. The number of rotatable bonds is 25. The molecular weight excluding hydrogens is 420 g/mol. The highest BCUT2D eigenvalue weighted by Crippen LogP contribution is 2.20. The lowest BCUT2D eigenvalue weighted by Gasteiger charge is -2.22. The molecule has 1 fully saturated rings. The van der Waals surface area contributed by atoms with Crippen molar-refractivity contribution in [3.05, 3.63) is 0 Å². The Balaban J connectivity index is 1.75. The molecule has 1 aliphatic rings. The molecule has 3 nitrogen and oxygen atoms in total. The molecule has 0 aromatic rings. The van der Waals surface area contributed by atoms with E-state index in [1.165, 1.54) is 135 Å². The van der Waals surface area contributed by atoms with Gasteiger partial charge in [-0.15, -0.1) is 0 Å². The quantitative estimate of drug-likeness (QED) is 0.132. The van der Waals surface area contributed by atoms with Gasteiger partial charge in [0, 0.05) is 13.2 Å². The molecule has 3 atom stereocenters. The number of unbranched alkanes of at least 4 members (excludes halogenated alkanes) is 15. The lowest BCUT2D eigenvalue weighted by Crippen LogP contribution is -2.22. The van der Waals surface area contributed by atoms with Gasteiger partial charge in [0.25, 0.3) is 0 Å². The summed E-state index contributed by atoms with van der Waals surface area (Å²) in [5, 5.41) is 10.3. The minimum atomic E-state index is -0.0674. The van der Waals surface area contributed by atoms with Crippen LogP contribution in [0.4, 0.5) is 0 Å². The zero-order valence-corrected chi connectivity index (χ0v) is 23.4. The van der Waals surface area contributed by atoms with Crippen LogP contribution in [0.1, 0.15) is 168 Å². The Labute approximate surface area is 214 Å². The van der Waals surface area contributed by atoms with Crippen molar-refractivity contribution >= 4 is 0 Å². The van der Waals surface area contributed by atoms with E-state index in [0.717, 1.165) is 38.4 Å². The molecule has 1 heterocycles. The Morgan fingerprint density at radius 1 is 0.676 bits per heavy atom. The van der Waals surface area contributed by atoms with Gasteiger partial charge in [0.15, 0.2) is 6.29 Å². The molecule has 0 saturated carbocycles. The van der Waals surface area contributed by atoms with Gasteiger partial charge < -0.3 is 14.6 Å². The van der Waals surface area contributed by atoms with E-state index in [2.05, 4.69) is 13.8 Å². The molecule has 0 bridgehead atoms. The zero-order chi connectivity index (χ0) is 24.5. The van der Waals surface area contributed by atoms with E-state index >= 15 is 0 Å². The summed E-state index contributed by atoms with van der Waals surface area (Å²) in [7, 11) is 0. The zero-order valence-electron chi connectivity index (χ0n) is 23.4. The van der Waals surface area contributed by atoms with E-state index in [1.54, 1.807) is 0 Å². The number of aliphatic hydroxyl groups excluding tert-OH is 1. The Bertz CT molecular complexity index is 394. The van der Waals surface area contributed by atoms with Crippen molar-refractivity contribution in [1.82, 2.24) is 0 Å². The fourth-order valence-electron chi connectivity index (χ4n) is 5.17. The summed E-state index contributed by atoms with van der Waals surface area (Å²) in [5.41, 5.74) is 0. The third-order valence-corrected chi connectivity index (χ3v) is 7.67. The normalized spacial score (nSPS) is 18.3. The van der Waals surface area contributed by atoms with Gasteiger partial charge in [-0.1, -0.05) is 123 Å². The molecule has 34 heavy (non-hydrogen) atoms. The van der Waals surface area contributed by atoms with Crippen molar-refractivity contribution in [3.8, 4) is 0 Å². The standard InChI is InChI=1S/C31H62O3/c1-3-4-5-6-7-11-14-17-22-29(2)25-26-30(32)23-18-15-12-9-8-10-13-16-20-27-33-31-24-19-21-28-34-31/h29-32H,3-28H2,1-2H3. The lowest BCUT2D eigenvalue weighted by molar-refractivity contribution is -0.162. The molecule has 3 heteroatoms. The summed E-state index contributed by atoms with van der Waals surface area (Å²) in [5.74, 6) is 0.780. The van der Waals surface area contributed by atoms with Crippen LogP contribution in [0.5, 0.6) is 0 Å². The summed E-state index contributed by atoms with van der Waals surface area (Å²) >= 11 is 0. The summed E-state index contributed by atoms with van der Waals surface area (Å²) in [6.45, 7) is 6.41. The minimum Gasteiger partial charge on any atom is -0.393 e. The molecule has 1 saturated heterocycles. The van der Waals surface area contributed by atoms with Gasteiger partial charge in [0.1, 0.15) is 0 Å². The molecule has 1 rings (SSSR count). The summed E-state index contributed by atoms with van der Waals surface area (Å²) in [4.78, 5) is 0. The van der Waals surface area contributed by atoms with Crippen LogP contribution in [0.2, 0.25) is 0 Å². The first kappa shape index (κ1) is 31.9. The smallest absolute Gasteiger partial charge is 0.157 e. The van der Waals surface area contributed by atoms with Gasteiger partial charge in [-0.05, 0) is 50.9 Å². The van der Waals surface area contributed by atoms with Crippen molar-refractivity contribution in [2.75, 3.05) is 13.2 Å². The van der Waals surface area contributed by atoms with Crippen LogP contribution >= 0.6 is 0 Å². The second kappa shape index (κ2) is 24.6. The third kappa shape index (κ3) is 21.2. The molecule has 0 aliphatic carbocycles. The molecule has 0 amide bonds. The monoisotopic (exact) mass is 482 g/mol. The van der Waals surface area contributed by atoms with Gasteiger partial charge in [0.2, 0.25) is 0 Å². The van der Waals surface area contributed by atoms with Crippen molar-refractivity contribution in [3.63, 3.8) is 0 Å². The molecule has 204 valence electrons. The molecule has 0 aromatic carbocycles. The molecule has 0 spiro atoms. The van der Waals surface area contributed by atoms with E-state index in [0.29, 0.717) is 0 Å². The number of hydrogen-bond donors (Lipinski definition) is 1. The molecule has 0 aromatic heterocycles. The molecule has 0 radical (unpaired) electrons. The Kier molecular flexibility index (Phi) is 23.1. The average Bonchev–Trinajstić information content (AvgIpc) is 2.85. The van der Waals surface area contributed by atoms with E-state index in [4.69, 9.17) is 9.47 Å². The SMILES string of the molecule is CCCCCCCCCCC(C)CCC(O)CCCCCCCCCCCOC1CCCCO1. The van der Waals surface area contributed by atoms with E-state index in [-0.39, 0.29) is 12.4 Å². The number of hydrogen-bond acceptors (Lipinski definition) is 3. The Morgan fingerprint density at radius 2 is 1.24 bits per heavy atom. The van der Waals surface area contributed by atoms with Gasteiger partial charge >= 0.3 is 0 Å². The largest absolute Gasteiger partial charge is 0.393 e. The minimum absolute atomic E-state index is 0.0674. The summed E-state index contributed by atoms with van der Waals surface area (Å²) < 4.78 is 11.4. The highest BCUT2D eigenvalue weighted by Gasteiger charge is 2.13. The molecule has 1 N–H and O–H groups in total. The van der Waals surface area contributed by atoms with Gasteiger partial charge in [-0.3, -0.25) is 0 Å². The van der Waals surface area contributed by atoms with Crippen molar-refractivity contribution in [1.29, 1.82) is 0 Å². The molecular formula is C31H62O3. The third-order valence-electron chi connectivity index (χ3n) is 7.67. The van der Waals surface area contributed by atoms with Crippen LogP contribution in [0, 0.1) is 5.92 Å². The second-order valence-electron chi connectivity index (χ2n) is 11.2. The number of ether oxygens (including phenoxy) is 2. The maximum atomic E-state index is 10.3. The van der Waals surface area contributed by atoms with Crippen LogP contribution in [-0.4, -0.2) is 30.7 Å².